The van der Waals surface area contributed by atoms with Crippen molar-refractivity contribution in [3.63, 3.8) is 0 Å². The minimum absolute atomic E-state index is 0.0465. The number of amides is 1. The third-order valence-electron chi connectivity index (χ3n) is 6.43. The van der Waals surface area contributed by atoms with Crippen molar-refractivity contribution < 1.29 is 19.4 Å². The van der Waals surface area contributed by atoms with Gasteiger partial charge in [0.1, 0.15) is 6.61 Å². The van der Waals surface area contributed by atoms with E-state index in [0.29, 0.717) is 32.9 Å². The monoisotopic (exact) mass is 365 g/mol. The fourth-order valence-electron chi connectivity index (χ4n) is 4.88. The van der Waals surface area contributed by atoms with E-state index < -0.39 is 0 Å². The Balaban J connectivity index is 1.32. The van der Waals surface area contributed by atoms with Gasteiger partial charge in [0.25, 0.3) is 0 Å². The number of nitrogens with zero attached hydrogens (tertiary/aromatic N) is 1. The number of hydrogen-bond donors (Lipinski definition) is 1. The van der Waals surface area contributed by atoms with E-state index in [9.17, 15) is 9.90 Å². The first-order chi connectivity index (χ1) is 13.2. The molecule has 1 N–H and O–H groups in total. The van der Waals surface area contributed by atoms with Gasteiger partial charge < -0.3 is 19.5 Å². The molecule has 27 heavy (non-hydrogen) atoms. The molecule has 2 atom stereocenters. The quantitative estimate of drug-likeness (QED) is 0.909. The third kappa shape index (κ3) is 2.57. The predicted molar refractivity (Wildman–Crippen MR) is 100 cm³/mol. The summed E-state index contributed by atoms with van der Waals surface area (Å²) in [6.07, 6.45) is -0.293. The van der Waals surface area contributed by atoms with Gasteiger partial charge in [-0.1, -0.05) is 48.5 Å². The Morgan fingerprint density at radius 3 is 2.44 bits per heavy atom. The largest absolute Gasteiger partial charge is 0.448 e. The molecule has 0 spiro atoms. The number of ether oxygens (including phenoxy) is 2. The van der Waals surface area contributed by atoms with E-state index in [1.165, 1.54) is 22.3 Å². The van der Waals surface area contributed by atoms with Crippen molar-refractivity contribution in [2.24, 2.45) is 11.3 Å². The minimum Gasteiger partial charge on any atom is -0.448 e. The molecular formula is C22H23NO4. The Hall–Kier alpha value is -2.37. The molecule has 2 aromatic rings. The molecule has 5 rings (SSSR count). The van der Waals surface area contributed by atoms with Gasteiger partial charge in [0.05, 0.1) is 19.8 Å². The summed E-state index contributed by atoms with van der Waals surface area (Å²) in [5, 5.41) is 9.79. The molecule has 2 aliphatic heterocycles. The standard InChI is InChI=1S/C22H23NO4/c24-13-22-12-23(9-15(22)10-26-14-22)21(25)27-11-20-18-7-3-1-5-16(18)17-6-2-4-8-19(17)20/h1-8,15,20,24H,9-14H2/t15-,22-/m1/s1. The molecule has 5 heteroatoms. The zero-order valence-electron chi connectivity index (χ0n) is 15.1. The second-order valence-electron chi connectivity index (χ2n) is 7.92. The number of hydrogen-bond acceptors (Lipinski definition) is 4. The number of rotatable bonds is 3. The van der Waals surface area contributed by atoms with Crippen LogP contribution in [0, 0.1) is 11.3 Å². The second-order valence-corrected chi connectivity index (χ2v) is 7.92. The zero-order chi connectivity index (χ0) is 18.4. The normalized spacial score (nSPS) is 26.0. The van der Waals surface area contributed by atoms with Crippen LogP contribution in [0.25, 0.3) is 11.1 Å². The van der Waals surface area contributed by atoms with Gasteiger partial charge in [0, 0.05) is 30.3 Å². The average Bonchev–Trinajstić information content (AvgIpc) is 3.35. The number of likely N-dealkylation sites (tertiary alicyclic amines) is 1. The summed E-state index contributed by atoms with van der Waals surface area (Å²) in [5.41, 5.74) is 4.56. The van der Waals surface area contributed by atoms with E-state index in [2.05, 4.69) is 24.3 Å². The van der Waals surface area contributed by atoms with Crippen LogP contribution in [0.15, 0.2) is 48.5 Å². The van der Waals surface area contributed by atoms with Gasteiger partial charge in [-0.15, -0.1) is 0 Å². The fraction of sp³-hybridized carbons (Fsp3) is 0.409. The summed E-state index contributed by atoms with van der Waals surface area (Å²) in [6.45, 7) is 2.60. The average molecular weight is 365 g/mol. The molecule has 1 amide bonds. The van der Waals surface area contributed by atoms with Gasteiger partial charge in [0.15, 0.2) is 0 Å². The maximum absolute atomic E-state index is 12.7. The van der Waals surface area contributed by atoms with Crippen LogP contribution in [0.1, 0.15) is 17.0 Å². The Morgan fingerprint density at radius 1 is 1.15 bits per heavy atom. The van der Waals surface area contributed by atoms with Crippen LogP contribution >= 0.6 is 0 Å². The summed E-state index contributed by atoms with van der Waals surface area (Å²) in [6, 6.07) is 16.6. The van der Waals surface area contributed by atoms with Gasteiger partial charge >= 0.3 is 6.09 Å². The number of fused-ring (bicyclic) bond motifs is 4. The van der Waals surface area contributed by atoms with Gasteiger partial charge in [-0.2, -0.15) is 0 Å². The Bertz CT molecular complexity index is 837. The molecule has 2 fully saturated rings. The van der Waals surface area contributed by atoms with E-state index in [4.69, 9.17) is 9.47 Å². The number of carbonyl (C=O) groups is 1. The van der Waals surface area contributed by atoms with Crippen LogP contribution < -0.4 is 0 Å². The highest BCUT2D eigenvalue weighted by molar-refractivity contribution is 5.79. The van der Waals surface area contributed by atoms with Crippen LogP contribution in [-0.4, -0.2) is 55.6 Å². The fourth-order valence-corrected chi connectivity index (χ4v) is 4.88. The smallest absolute Gasteiger partial charge is 0.409 e. The lowest BCUT2D eigenvalue weighted by molar-refractivity contribution is 0.0687. The number of aliphatic hydroxyl groups excluding tert-OH is 1. The molecule has 0 aromatic heterocycles. The first kappa shape index (κ1) is 16.8. The number of carbonyl (C=O) groups excluding carboxylic acids is 1. The lowest BCUT2D eigenvalue weighted by Crippen LogP contribution is -2.36. The summed E-state index contributed by atoms with van der Waals surface area (Å²) in [5.74, 6) is 0.265. The lowest BCUT2D eigenvalue weighted by Gasteiger charge is -2.24. The van der Waals surface area contributed by atoms with E-state index in [0.717, 1.165) is 0 Å². The molecule has 0 saturated carbocycles. The molecule has 3 aliphatic rings. The van der Waals surface area contributed by atoms with Crippen LogP contribution in [-0.2, 0) is 9.47 Å². The van der Waals surface area contributed by atoms with E-state index in [-0.39, 0.29) is 30.0 Å². The predicted octanol–water partition coefficient (Wildman–Crippen LogP) is 2.88. The molecule has 140 valence electrons. The summed E-state index contributed by atoms with van der Waals surface area (Å²) in [7, 11) is 0. The number of aliphatic hydroxyl groups is 1. The molecule has 2 aromatic carbocycles. The van der Waals surface area contributed by atoms with Crippen molar-refractivity contribution in [2.75, 3.05) is 39.5 Å². The topological polar surface area (TPSA) is 59.0 Å². The van der Waals surface area contributed by atoms with Crippen molar-refractivity contribution in [1.82, 2.24) is 4.90 Å². The van der Waals surface area contributed by atoms with Crippen molar-refractivity contribution in [2.45, 2.75) is 5.92 Å². The number of benzene rings is 2. The highest BCUT2D eigenvalue weighted by Crippen LogP contribution is 2.45. The summed E-state index contributed by atoms with van der Waals surface area (Å²) in [4.78, 5) is 14.4. The van der Waals surface area contributed by atoms with Crippen molar-refractivity contribution >= 4 is 6.09 Å². The first-order valence-electron chi connectivity index (χ1n) is 9.50. The van der Waals surface area contributed by atoms with Crippen molar-refractivity contribution in [1.29, 1.82) is 0 Å². The van der Waals surface area contributed by atoms with Gasteiger partial charge in [0.2, 0.25) is 0 Å². The first-order valence-corrected chi connectivity index (χ1v) is 9.50. The van der Waals surface area contributed by atoms with E-state index in [1.807, 2.05) is 24.3 Å². The van der Waals surface area contributed by atoms with Crippen LogP contribution in [0.4, 0.5) is 4.79 Å². The Kier molecular flexibility index (Phi) is 3.95. The van der Waals surface area contributed by atoms with Gasteiger partial charge in [-0.05, 0) is 22.3 Å². The zero-order valence-corrected chi connectivity index (χ0v) is 15.1. The van der Waals surface area contributed by atoms with Crippen LogP contribution in [0.3, 0.4) is 0 Å². The highest BCUT2D eigenvalue weighted by atomic mass is 16.6. The Labute approximate surface area is 158 Å². The van der Waals surface area contributed by atoms with E-state index in [1.54, 1.807) is 4.90 Å². The third-order valence-corrected chi connectivity index (χ3v) is 6.43. The second kappa shape index (κ2) is 6.36. The highest BCUT2D eigenvalue weighted by Gasteiger charge is 2.52. The van der Waals surface area contributed by atoms with Crippen LogP contribution in [0.2, 0.25) is 0 Å². The molecule has 0 radical (unpaired) electrons. The minimum atomic E-state index is -0.314. The maximum Gasteiger partial charge on any atom is 0.409 e. The maximum atomic E-state index is 12.7. The molecule has 0 unspecified atom stereocenters. The summed E-state index contributed by atoms with van der Waals surface area (Å²) < 4.78 is 11.3. The SMILES string of the molecule is O=C(OCC1c2ccccc2-c2ccccc21)N1C[C@@H]2COC[C@]2(CO)C1. The van der Waals surface area contributed by atoms with Gasteiger partial charge in [-0.25, -0.2) is 4.79 Å². The molecule has 2 saturated heterocycles. The van der Waals surface area contributed by atoms with E-state index >= 15 is 0 Å². The van der Waals surface area contributed by atoms with Crippen LogP contribution in [0.5, 0.6) is 0 Å². The summed E-state index contributed by atoms with van der Waals surface area (Å²) >= 11 is 0. The molecule has 2 heterocycles. The molecule has 5 nitrogen and oxygen atoms in total. The molecular weight excluding hydrogens is 342 g/mol. The van der Waals surface area contributed by atoms with Crippen molar-refractivity contribution in [3.8, 4) is 11.1 Å². The van der Waals surface area contributed by atoms with Gasteiger partial charge in [-0.3, -0.25) is 0 Å². The van der Waals surface area contributed by atoms with Crippen molar-refractivity contribution in [3.05, 3.63) is 59.7 Å². The molecule has 0 bridgehead atoms. The lowest BCUT2D eigenvalue weighted by atomic mass is 9.82. The Morgan fingerprint density at radius 2 is 1.81 bits per heavy atom. The molecule has 1 aliphatic carbocycles.